The number of aromatic nitrogens is 5. The van der Waals surface area contributed by atoms with E-state index in [0.29, 0.717) is 38.9 Å². The molecule has 1 fully saturated rings. The summed E-state index contributed by atoms with van der Waals surface area (Å²) in [5.41, 5.74) is 3.48. The molecule has 1 aliphatic rings. The van der Waals surface area contributed by atoms with Crippen LogP contribution in [0.1, 0.15) is 95.8 Å². The summed E-state index contributed by atoms with van der Waals surface area (Å²) < 4.78 is 5.80. The van der Waals surface area contributed by atoms with Gasteiger partial charge in [0, 0.05) is 44.8 Å². The first-order valence-corrected chi connectivity index (χ1v) is 20.6. The zero-order valence-electron chi connectivity index (χ0n) is 33.4. The van der Waals surface area contributed by atoms with Gasteiger partial charge in [-0.25, -0.2) is 14.6 Å². The number of hydrogen-bond donors (Lipinski definition) is 2. The maximum absolute atomic E-state index is 13.6. The van der Waals surface area contributed by atoms with Crippen molar-refractivity contribution in [2.75, 3.05) is 19.6 Å². The van der Waals surface area contributed by atoms with Gasteiger partial charge >= 0.3 is 11.8 Å². The topological polar surface area (TPSA) is 127 Å². The normalized spacial score (nSPS) is 13.7. The number of para-hydroxylation sites is 2. The van der Waals surface area contributed by atoms with Gasteiger partial charge in [-0.05, 0) is 88.8 Å². The summed E-state index contributed by atoms with van der Waals surface area (Å²) in [6, 6.07) is 10.1. The van der Waals surface area contributed by atoms with Gasteiger partial charge < -0.3 is 19.9 Å². The van der Waals surface area contributed by atoms with E-state index in [1.807, 2.05) is 41.0 Å². The Balaban J connectivity index is 0.974. The van der Waals surface area contributed by atoms with E-state index in [1.54, 1.807) is 17.0 Å². The lowest BCUT2D eigenvalue weighted by molar-refractivity contribution is -0.121. The number of fused-ring (bicyclic) bond motifs is 2. The second kappa shape index (κ2) is 23.4. The number of benzene rings is 1. The minimum atomic E-state index is -1.00. The van der Waals surface area contributed by atoms with E-state index in [-0.39, 0.29) is 30.7 Å². The van der Waals surface area contributed by atoms with Gasteiger partial charge in [0.25, 0.3) is 0 Å². The Morgan fingerprint density at radius 3 is 2.11 bits per heavy atom. The van der Waals surface area contributed by atoms with Gasteiger partial charge in [0.2, 0.25) is 5.91 Å². The van der Waals surface area contributed by atoms with E-state index < -0.39 is 6.09 Å². The van der Waals surface area contributed by atoms with E-state index in [9.17, 15) is 19.5 Å². The predicted octanol–water partition coefficient (Wildman–Crippen LogP) is 9.29. The van der Waals surface area contributed by atoms with Crippen molar-refractivity contribution < 1.29 is 14.7 Å². The number of nitrogens with zero attached hydrogens (tertiary/aromatic N) is 6. The molecule has 1 aromatic carbocycles. The molecule has 0 saturated heterocycles. The number of imidazole rings is 2. The molecule has 4 aromatic rings. The lowest BCUT2D eigenvalue weighted by Gasteiger charge is -2.19. The molecule has 57 heavy (non-hydrogen) atoms. The molecular formula is C46H59N7O4. The van der Waals surface area contributed by atoms with Crippen molar-refractivity contribution in [1.29, 1.82) is 0 Å². The Morgan fingerprint density at radius 2 is 1.46 bits per heavy atom. The Bertz CT molecular complexity index is 2130. The first-order valence-electron chi connectivity index (χ1n) is 20.6. The number of rotatable bonds is 25. The smallest absolute Gasteiger partial charge is 0.407 e. The highest BCUT2D eigenvalue weighted by Crippen LogP contribution is 2.36. The minimum absolute atomic E-state index is 0.0444. The number of carbonyl (C=O) groups is 2. The van der Waals surface area contributed by atoms with Crippen molar-refractivity contribution in [3.63, 3.8) is 0 Å². The van der Waals surface area contributed by atoms with Crippen LogP contribution in [-0.4, -0.2) is 65.3 Å². The predicted molar refractivity (Wildman–Crippen MR) is 230 cm³/mol. The van der Waals surface area contributed by atoms with E-state index >= 15 is 0 Å². The van der Waals surface area contributed by atoms with Gasteiger partial charge in [0.1, 0.15) is 5.82 Å². The zero-order chi connectivity index (χ0) is 40.1. The highest BCUT2D eigenvalue weighted by atomic mass is 16.4. The highest BCUT2D eigenvalue weighted by Gasteiger charge is 2.29. The lowest BCUT2D eigenvalue weighted by atomic mass is 10.2. The molecule has 11 nitrogen and oxygen atoms in total. The van der Waals surface area contributed by atoms with Crippen molar-refractivity contribution >= 4 is 34.1 Å². The molecule has 0 aliphatic heterocycles. The molecule has 5 rings (SSSR count). The first-order chi connectivity index (χ1) is 28.0. The van der Waals surface area contributed by atoms with Crippen molar-refractivity contribution in [1.82, 2.24) is 33.9 Å². The molecule has 3 heterocycles. The third kappa shape index (κ3) is 13.5. The Hall–Kier alpha value is -5.71. The van der Waals surface area contributed by atoms with Crippen molar-refractivity contribution in [3.8, 4) is 0 Å². The van der Waals surface area contributed by atoms with Crippen LogP contribution in [0.15, 0.2) is 120 Å². The van der Waals surface area contributed by atoms with Crippen LogP contribution >= 0.6 is 0 Å². The quantitative estimate of drug-likeness (QED) is 0.0511. The van der Waals surface area contributed by atoms with Gasteiger partial charge in [-0.15, -0.1) is 0 Å². The standard InChI is InChI=1S/C46H59N7O4/c1-2-3-4-5-6-7-8-9-10-11-12-13-14-15-16-17-18-19-20-27-44(54)48-32-35-50(46(56)57)33-23-24-34-51-40-26-22-21-25-39(40)49-43(51)37-52-42-36-47-31-30-41(42)53(45(52)55)38-28-29-38/h3-4,6-7,9-10,12-13,15-16,18-19,21-22,25-26,30-31,36,38H,2,5,8,11,14,17,20,23-24,27-29,32-35,37H2,1H3,(H,48,54)(H,56,57). The van der Waals surface area contributed by atoms with Gasteiger partial charge in [0.05, 0.1) is 34.8 Å². The number of carbonyl (C=O) groups excluding carboxylic acids is 1. The fourth-order valence-electron chi connectivity index (χ4n) is 6.75. The molecular weight excluding hydrogens is 715 g/mol. The zero-order valence-corrected chi connectivity index (χ0v) is 33.4. The molecule has 0 spiro atoms. The molecule has 2 N–H and O–H groups in total. The maximum Gasteiger partial charge on any atom is 0.407 e. The first kappa shape index (κ1) is 42.4. The molecule has 0 unspecified atom stereocenters. The maximum atomic E-state index is 13.6. The third-order valence-electron chi connectivity index (χ3n) is 9.88. The van der Waals surface area contributed by atoms with Crippen LogP contribution in [0.3, 0.4) is 0 Å². The fraction of sp³-hybridized carbons (Fsp3) is 0.413. The van der Waals surface area contributed by atoms with Crippen LogP contribution in [-0.2, 0) is 17.9 Å². The average Bonchev–Trinajstić information content (AvgIpc) is 3.93. The number of unbranched alkanes of at least 4 members (excludes halogenated alkanes) is 1. The molecule has 0 radical (unpaired) electrons. The molecule has 302 valence electrons. The van der Waals surface area contributed by atoms with E-state index in [4.69, 9.17) is 4.98 Å². The number of aryl methyl sites for hydroxylation is 1. The van der Waals surface area contributed by atoms with Crippen LogP contribution in [0.2, 0.25) is 0 Å². The summed E-state index contributed by atoms with van der Waals surface area (Å²) in [5, 5.41) is 12.7. The second-order valence-corrected chi connectivity index (χ2v) is 14.3. The summed E-state index contributed by atoms with van der Waals surface area (Å²) >= 11 is 0. The van der Waals surface area contributed by atoms with Gasteiger partial charge in [-0.2, -0.15) is 0 Å². The summed E-state index contributed by atoms with van der Waals surface area (Å²) in [6.45, 7) is 3.93. The monoisotopic (exact) mass is 773 g/mol. The lowest BCUT2D eigenvalue weighted by Crippen LogP contribution is -2.38. The highest BCUT2D eigenvalue weighted by molar-refractivity contribution is 5.77. The van der Waals surface area contributed by atoms with Crippen LogP contribution in [0.4, 0.5) is 4.79 Å². The molecule has 2 amide bonds. The van der Waals surface area contributed by atoms with Gasteiger partial charge in [0.15, 0.2) is 0 Å². The summed E-state index contributed by atoms with van der Waals surface area (Å²) in [7, 11) is 0. The van der Waals surface area contributed by atoms with Gasteiger partial charge in [-0.3, -0.25) is 18.9 Å². The fourth-order valence-corrected chi connectivity index (χ4v) is 6.75. The van der Waals surface area contributed by atoms with Crippen LogP contribution in [0, 0.1) is 0 Å². The SMILES string of the molecule is CCC=CCC=CCC=CCC=CCC=CCC=CCCC(=O)NCCN(CCCCn1c(Cn2c(=O)n(C3CC3)c3ccncc32)nc2ccccc21)C(=O)O. The van der Waals surface area contributed by atoms with Crippen molar-refractivity contribution in [3.05, 3.63) is 132 Å². The van der Waals surface area contributed by atoms with E-state index in [0.717, 1.165) is 85.7 Å². The van der Waals surface area contributed by atoms with Crippen LogP contribution in [0.25, 0.3) is 22.1 Å². The number of pyridine rings is 1. The molecule has 0 atom stereocenters. The average molecular weight is 774 g/mol. The number of carboxylic acid groups (broad SMARTS) is 1. The summed E-state index contributed by atoms with van der Waals surface area (Å²) in [5.74, 6) is 0.688. The van der Waals surface area contributed by atoms with Crippen molar-refractivity contribution in [2.45, 2.75) is 103 Å². The molecule has 0 bridgehead atoms. The van der Waals surface area contributed by atoms with Gasteiger partial charge in [-0.1, -0.05) is 92.0 Å². The van der Waals surface area contributed by atoms with E-state index in [2.05, 4.69) is 88.6 Å². The molecule has 1 aliphatic carbocycles. The Labute approximate surface area is 336 Å². The van der Waals surface area contributed by atoms with Crippen LogP contribution in [0.5, 0.6) is 0 Å². The van der Waals surface area contributed by atoms with E-state index in [1.165, 1.54) is 4.90 Å². The molecule has 3 aromatic heterocycles. The van der Waals surface area contributed by atoms with Crippen molar-refractivity contribution in [2.24, 2.45) is 0 Å². The largest absolute Gasteiger partial charge is 0.465 e. The number of nitrogens with one attached hydrogen (secondary N) is 1. The summed E-state index contributed by atoms with van der Waals surface area (Å²) in [4.78, 5) is 48.6. The molecule has 11 heteroatoms. The second-order valence-electron chi connectivity index (χ2n) is 14.3. The number of hydrogen-bond acceptors (Lipinski definition) is 5. The van der Waals surface area contributed by atoms with Crippen LogP contribution < -0.4 is 11.0 Å². The summed E-state index contributed by atoms with van der Waals surface area (Å²) in [6.07, 6.45) is 38.4. The third-order valence-corrected chi connectivity index (χ3v) is 9.88. The number of allylic oxidation sites excluding steroid dienone is 12. The number of amides is 2. The minimum Gasteiger partial charge on any atom is -0.465 e. The Morgan fingerprint density at radius 1 is 0.807 bits per heavy atom. The molecule has 1 saturated carbocycles. The Kier molecular flexibility index (Phi) is 17.4.